The molecule has 162 valence electrons. The van der Waals surface area contributed by atoms with Crippen LogP contribution >= 0.6 is 0 Å². The number of ketones is 1. The lowest BCUT2D eigenvalue weighted by atomic mass is 10.1. The number of rotatable bonds is 9. The number of hydrogen-bond acceptors (Lipinski definition) is 4. The monoisotopic (exact) mass is 423 g/mol. The van der Waals surface area contributed by atoms with Gasteiger partial charge < -0.3 is 14.0 Å². The van der Waals surface area contributed by atoms with Crippen LogP contribution in [0.2, 0.25) is 0 Å². The van der Waals surface area contributed by atoms with Crippen molar-refractivity contribution in [1.29, 1.82) is 0 Å². The van der Waals surface area contributed by atoms with E-state index >= 15 is 0 Å². The van der Waals surface area contributed by atoms with Gasteiger partial charge in [0.2, 0.25) is 5.78 Å². The van der Waals surface area contributed by atoms with Gasteiger partial charge in [0.25, 0.3) is 0 Å². The standard InChI is InChI=1S/C25H26FNO4/c1-17-5-4-6-22(13-17)30-12-11-25(29)31-16-24(28)23-14-18(2)27(19(23)3)15-20-7-9-21(26)10-8-20/h4-10,13-14H,11-12,15-16H2,1-3H3. The average molecular weight is 423 g/mol. The first kappa shape index (κ1) is 22.3. The van der Waals surface area contributed by atoms with E-state index in [0.717, 1.165) is 22.5 Å². The lowest BCUT2D eigenvalue weighted by Gasteiger charge is -2.10. The van der Waals surface area contributed by atoms with Gasteiger partial charge in [0.15, 0.2) is 6.61 Å². The normalized spacial score (nSPS) is 10.7. The number of nitrogens with zero attached hydrogens (tertiary/aromatic N) is 1. The third-order valence-corrected chi connectivity index (χ3v) is 5.06. The Labute approximate surface area is 181 Å². The predicted octanol–water partition coefficient (Wildman–Crippen LogP) is 4.80. The van der Waals surface area contributed by atoms with Gasteiger partial charge in [-0.25, -0.2) is 4.39 Å². The maximum atomic E-state index is 13.1. The highest BCUT2D eigenvalue weighted by Gasteiger charge is 2.17. The van der Waals surface area contributed by atoms with Crippen LogP contribution in [0.4, 0.5) is 4.39 Å². The molecule has 3 rings (SSSR count). The first-order valence-corrected chi connectivity index (χ1v) is 10.1. The summed E-state index contributed by atoms with van der Waals surface area (Å²) >= 11 is 0. The summed E-state index contributed by atoms with van der Waals surface area (Å²) in [6.07, 6.45) is 0.0603. The van der Waals surface area contributed by atoms with Gasteiger partial charge in [-0.15, -0.1) is 0 Å². The molecule has 31 heavy (non-hydrogen) atoms. The Kier molecular flexibility index (Phi) is 7.23. The summed E-state index contributed by atoms with van der Waals surface area (Å²) in [5.41, 5.74) is 4.21. The first-order valence-electron chi connectivity index (χ1n) is 10.1. The Morgan fingerprint density at radius 1 is 1.00 bits per heavy atom. The van der Waals surface area contributed by atoms with Crippen molar-refractivity contribution in [3.63, 3.8) is 0 Å². The van der Waals surface area contributed by atoms with Gasteiger partial charge in [0.05, 0.1) is 13.0 Å². The van der Waals surface area contributed by atoms with E-state index in [4.69, 9.17) is 9.47 Å². The van der Waals surface area contributed by atoms with Crippen LogP contribution in [0.3, 0.4) is 0 Å². The molecule has 0 atom stereocenters. The Morgan fingerprint density at radius 2 is 1.74 bits per heavy atom. The molecule has 0 aliphatic rings. The quantitative estimate of drug-likeness (QED) is 0.367. The number of benzene rings is 2. The highest BCUT2D eigenvalue weighted by molar-refractivity contribution is 5.99. The van der Waals surface area contributed by atoms with Gasteiger partial charge in [-0.05, 0) is 62.2 Å². The minimum Gasteiger partial charge on any atom is -0.493 e. The smallest absolute Gasteiger partial charge is 0.309 e. The molecule has 5 nitrogen and oxygen atoms in total. The predicted molar refractivity (Wildman–Crippen MR) is 116 cm³/mol. The van der Waals surface area contributed by atoms with Gasteiger partial charge in [0, 0.05) is 23.5 Å². The van der Waals surface area contributed by atoms with E-state index in [1.54, 1.807) is 18.2 Å². The molecule has 0 radical (unpaired) electrons. The summed E-state index contributed by atoms with van der Waals surface area (Å²) in [7, 11) is 0. The molecule has 0 saturated carbocycles. The maximum Gasteiger partial charge on any atom is 0.309 e. The first-order chi connectivity index (χ1) is 14.8. The van der Waals surface area contributed by atoms with Crippen molar-refractivity contribution in [2.45, 2.75) is 33.7 Å². The third-order valence-electron chi connectivity index (χ3n) is 5.06. The summed E-state index contributed by atoms with van der Waals surface area (Å²) in [5.74, 6) is -0.336. The van der Waals surface area contributed by atoms with Crippen LogP contribution in [0, 0.1) is 26.6 Å². The number of aromatic nitrogens is 1. The summed E-state index contributed by atoms with van der Waals surface area (Å²) < 4.78 is 25.8. The Morgan fingerprint density at radius 3 is 2.45 bits per heavy atom. The van der Waals surface area contributed by atoms with E-state index in [1.807, 2.05) is 49.6 Å². The number of ether oxygens (including phenoxy) is 2. The van der Waals surface area contributed by atoms with Gasteiger partial charge in [0.1, 0.15) is 11.6 Å². The van der Waals surface area contributed by atoms with E-state index in [2.05, 4.69) is 0 Å². The van der Waals surface area contributed by atoms with E-state index in [0.29, 0.717) is 17.9 Å². The lowest BCUT2D eigenvalue weighted by Crippen LogP contribution is -2.16. The number of halogens is 1. The fourth-order valence-corrected chi connectivity index (χ4v) is 3.35. The molecule has 0 aliphatic heterocycles. The van der Waals surface area contributed by atoms with Crippen LogP contribution in [-0.2, 0) is 16.1 Å². The zero-order chi connectivity index (χ0) is 22.4. The SMILES string of the molecule is Cc1cccc(OCCC(=O)OCC(=O)c2cc(C)n(Cc3ccc(F)cc3)c2C)c1. The maximum absolute atomic E-state index is 13.1. The molecule has 0 bridgehead atoms. The highest BCUT2D eigenvalue weighted by Crippen LogP contribution is 2.18. The van der Waals surface area contributed by atoms with E-state index < -0.39 is 5.97 Å². The highest BCUT2D eigenvalue weighted by atomic mass is 19.1. The molecule has 0 amide bonds. The van der Waals surface area contributed by atoms with Gasteiger partial charge in [-0.2, -0.15) is 0 Å². The van der Waals surface area contributed by atoms with Crippen molar-refractivity contribution >= 4 is 11.8 Å². The number of hydrogen-bond donors (Lipinski definition) is 0. The minimum absolute atomic E-state index is 0.0603. The fraction of sp³-hybridized carbons (Fsp3) is 0.280. The molecule has 3 aromatic rings. The van der Waals surface area contributed by atoms with Gasteiger partial charge in [-0.3, -0.25) is 9.59 Å². The number of Topliss-reactive ketones (excluding diaryl/α,β-unsaturated/α-hetero) is 1. The zero-order valence-corrected chi connectivity index (χ0v) is 18.0. The minimum atomic E-state index is -0.485. The van der Waals surface area contributed by atoms with Crippen molar-refractivity contribution < 1.29 is 23.5 Å². The van der Waals surface area contributed by atoms with Crippen LogP contribution in [0.1, 0.15) is 39.3 Å². The lowest BCUT2D eigenvalue weighted by molar-refractivity contribution is -0.143. The zero-order valence-electron chi connectivity index (χ0n) is 18.0. The number of esters is 1. The molecular formula is C25H26FNO4. The van der Waals surface area contributed by atoms with Crippen LogP contribution in [0.25, 0.3) is 0 Å². The van der Waals surface area contributed by atoms with Crippen LogP contribution in [0.15, 0.2) is 54.6 Å². The van der Waals surface area contributed by atoms with Gasteiger partial charge in [-0.1, -0.05) is 24.3 Å². The van der Waals surface area contributed by atoms with Crippen molar-refractivity contribution in [3.8, 4) is 5.75 Å². The van der Waals surface area contributed by atoms with Crippen LogP contribution in [-0.4, -0.2) is 29.5 Å². The second kappa shape index (κ2) is 10.1. The van der Waals surface area contributed by atoms with Crippen molar-refractivity contribution in [3.05, 3.63) is 88.5 Å². The molecule has 2 aromatic carbocycles. The molecule has 0 saturated heterocycles. The second-order valence-electron chi connectivity index (χ2n) is 7.50. The summed E-state index contributed by atoms with van der Waals surface area (Å²) in [4.78, 5) is 24.6. The summed E-state index contributed by atoms with van der Waals surface area (Å²) in [5, 5.41) is 0. The summed E-state index contributed by atoms with van der Waals surface area (Å²) in [6, 6.07) is 15.6. The molecule has 0 aliphatic carbocycles. The third kappa shape index (κ3) is 6.04. The molecule has 6 heteroatoms. The number of aryl methyl sites for hydroxylation is 2. The number of carbonyl (C=O) groups excluding carboxylic acids is 2. The van der Waals surface area contributed by atoms with Crippen LogP contribution < -0.4 is 4.74 Å². The Bertz CT molecular complexity index is 1070. The van der Waals surface area contributed by atoms with E-state index in [-0.39, 0.29) is 31.2 Å². The largest absolute Gasteiger partial charge is 0.493 e. The van der Waals surface area contributed by atoms with Crippen LogP contribution in [0.5, 0.6) is 5.75 Å². The molecule has 1 heterocycles. The van der Waals surface area contributed by atoms with E-state index in [9.17, 15) is 14.0 Å². The molecule has 0 unspecified atom stereocenters. The topological polar surface area (TPSA) is 57.5 Å². The molecule has 0 spiro atoms. The average Bonchev–Trinajstić information content (AvgIpc) is 3.02. The van der Waals surface area contributed by atoms with E-state index in [1.165, 1.54) is 12.1 Å². The van der Waals surface area contributed by atoms with Crippen molar-refractivity contribution in [2.24, 2.45) is 0 Å². The summed E-state index contributed by atoms with van der Waals surface area (Å²) in [6.45, 7) is 6.11. The molecule has 1 aromatic heterocycles. The molecule has 0 fully saturated rings. The molecular weight excluding hydrogens is 397 g/mol. The Hall–Kier alpha value is -3.41. The van der Waals surface area contributed by atoms with Crippen molar-refractivity contribution in [2.75, 3.05) is 13.2 Å². The fourth-order valence-electron chi connectivity index (χ4n) is 3.35. The molecule has 0 N–H and O–H groups in total. The van der Waals surface area contributed by atoms with Gasteiger partial charge >= 0.3 is 5.97 Å². The Balaban J connectivity index is 1.52. The number of carbonyl (C=O) groups is 2. The van der Waals surface area contributed by atoms with Crippen molar-refractivity contribution in [1.82, 2.24) is 4.57 Å². The second-order valence-corrected chi connectivity index (χ2v) is 7.50.